The molecule has 25 heavy (non-hydrogen) atoms. The highest BCUT2D eigenvalue weighted by atomic mass is 32.2. The van der Waals surface area contributed by atoms with Gasteiger partial charge < -0.3 is 14.7 Å². The zero-order valence-electron chi connectivity index (χ0n) is 13.7. The number of aliphatic carboxylic acids is 1. The summed E-state index contributed by atoms with van der Waals surface area (Å²) >= 11 is 3.01. The second-order valence-corrected chi connectivity index (χ2v) is 7.76. The number of ether oxygens (including phenoxy) is 1. The summed E-state index contributed by atoms with van der Waals surface area (Å²) in [6, 6.07) is 7.23. The summed E-state index contributed by atoms with van der Waals surface area (Å²) in [6.45, 7) is 0.567. The Morgan fingerprint density at radius 2 is 2.12 bits per heavy atom. The third kappa shape index (κ3) is 4.13. The van der Waals surface area contributed by atoms with Crippen LogP contribution in [0.3, 0.4) is 0 Å². The summed E-state index contributed by atoms with van der Waals surface area (Å²) in [5.41, 5.74) is 0.918. The molecule has 0 spiro atoms. The van der Waals surface area contributed by atoms with Gasteiger partial charge in [0.15, 0.2) is 0 Å². The number of carboxylic acid groups (broad SMARTS) is 1. The Kier molecular flexibility index (Phi) is 5.60. The third-order valence-electron chi connectivity index (χ3n) is 3.95. The van der Waals surface area contributed by atoms with E-state index in [2.05, 4.69) is 4.98 Å². The van der Waals surface area contributed by atoms with Gasteiger partial charge in [-0.05, 0) is 24.3 Å². The molecule has 0 aliphatic carbocycles. The lowest BCUT2D eigenvalue weighted by Crippen LogP contribution is -2.46. The number of rotatable bonds is 5. The number of amides is 1. The second-order valence-electron chi connectivity index (χ2n) is 5.58. The number of thiazole rings is 1. The maximum Gasteiger partial charge on any atom is 0.305 e. The highest BCUT2D eigenvalue weighted by Gasteiger charge is 2.30. The fraction of sp³-hybridized carbons (Fsp3) is 0.353. The molecule has 1 aromatic heterocycles. The van der Waals surface area contributed by atoms with Crippen molar-refractivity contribution >= 4 is 35.0 Å². The molecule has 2 aromatic rings. The van der Waals surface area contributed by atoms with Crippen molar-refractivity contribution in [3.8, 4) is 16.3 Å². The van der Waals surface area contributed by atoms with Crippen LogP contribution in [0.4, 0.5) is 0 Å². The van der Waals surface area contributed by atoms with Crippen LogP contribution in [0.2, 0.25) is 0 Å². The smallest absolute Gasteiger partial charge is 0.305 e. The average Bonchev–Trinajstić information content (AvgIpc) is 3.11. The molecular weight excluding hydrogens is 360 g/mol. The van der Waals surface area contributed by atoms with Crippen molar-refractivity contribution in [2.24, 2.45) is 0 Å². The van der Waals surface area contributed by atoms with Crippen molar-refractivity contribution in [1.82, 2.24) is 9.88 Å². The largest absolute Gasteiger partial charge is 0.497 e. The van der Waals surface area contributed by atoms with E-state index in [9.17, 15) is 9.59 Å². The Balaban J connectivity index is 1.77. The predicted molar refractivity (Wildman–Crippen MR) is 98.5 cm³/mol. The van der Waals surface area contributed by atoms with Crippen LogP contribution in [0.25, 0.3) is 10.6 Å². The standard InChI is InChI=1S/C17H18N2O4S2/c1-23-13-4-2-11(3-5-13)16-18-9-14(25-16)17(22)19-6-7-24-10-12(19)8-15(20)21/h2-5,9,12H,6-8,10H2,1H3,(H,20,21). The van der Waals surface area contributed by atoms with E-state index in [1.165, 1.54) is 11.3 Å². The Morgan fingerprint density at radius 1 is 1.36 bits per heavy atom. The summed E-state index contributed by atoms with van der Waals surface area (Å²) < 4.78 is 5.14. The molecule has 1 amide bonds. The van der Waals surface area contributed by atoms with Crippen molar-refractivity contribution in [3.63, 3.8) is 0 Å². The van der Waals surface area contributed by atoms with Crippen molar-refractivity contribution in [2.45, 2.75) is 12.5 Å². The minimum Gasteiger partial charge on any atom is -0.497 e. The predicted octanol–water partition coefficient (Wildman–Crippen LogP) is 2.85. The Labute approximate surface area is 153 Å². The van der Waals surface area contributed by atoms with E-state index < -0.39 is 5.97 Å². The molecule has 1 aromatic carbocycles. The quantitative estimate of drug-likeness (QED) is 0.862. The fourth-order valence-electron chi connectivity index (χ4n) is 2.67. The number of hydrogen-bond donors (Lipinski definition) is 1. The SMILES string of the molecule is COc1ccc(-c2ncc(C(=O)N3CCSCC3CC(=O)O)s2)cc1. The topological polar surface area (TPSA) is 79.7 Å². The number of nitrogens with zero attached hydrogens (tertiary/aromatic N) is 2. The molecule has 1 fully saturated rings. The van der Waals surface area contributed by atoms with Crippen molar-refractivity contribution < 1.29 is 19.4 Å². The van der Waals surface area contributed by atoms with Gasteiger partial charge in [-0.1, -0.05) is 0 Å². The first-order valence-electron chi connectivity index (χ1n) is 7.79. The van der Waals surface area contributed by atoms with Crippen LogP contribution in [0.5, 0.6) is 5.75 Å². The maximum absolute atomic E-state index is 12.8. The third-order valence-corrected chi connectivity index (χ3v) is 6.08. The Bertz CT molecular complexity index is 760. The van der Waals surface area contributed by atoms with E-state index in [-0.39, 0.29) is 18.4 Å². The van der Waals surface area contributed by atoms with Crippen LogP contribution in [-0.2, 0) is 4.79 Å². The van der Waals surface area contributed by atoms with Gasteiger partial charge in [-0.3, -0.25) is 9.59 Å². The molecule has 2 heterocycles. The number of aromatic nitrogens is 1. The van der Waals surface area contributed by atoms with E-state index in [0.29, 0.717) is 17.2 Å². The number of thioether (sulfide) groups is 1. The van der Waals surface area contributed by atoms with E-state index in [0.717, 1.165) is 22.1 Å². The van der Waals surface area contributed by atoms with E-state index >= 15 is 0 Å². The number of carbonyl (C=O) groups is 2. The molecule has 1 N–H and O–H groups in total. The molecule has 6 nitrogen and oxygen atoms in total. The molecule has 0 saturated carbocycles. The number of methoxy groups -OCH3 is 1. The number of carboxylic acids is 1. The van der Waals surface area contributed by atoms with Crippen molar-refractivity contribution in [3.05, 3.63) is 35.3 Å². The monoisotopic (exact) mass is 378 g/mol. The van der Waals surface area contributed by atoms with Crippen LogP contribution in [0, 0.1) is 0 Å². The molecule has 0 bridgehead atoms. The van der Waals surface area contributed by atoms with Gasteiger partial charge in [0.05, 0.1) is 25.8 Å². The lowest BCUT2D eigenvalue weighted by atomic mass is 10.2. The summed E-state index contributed by atoms with van der Waals surface area (Å²) in [5.74, 6) is 1.23. The summed E-state index contributed by atoms with van der Waals surface area (Å²) in [5, 5.41) is 9.82. The lowest BCUT2D eigenvalue weighted by Gasteiger charge is -2.34. The van der Waals surface area contributed by atoms with Crippen LogP contribution in [-0.4, -0.2) is 58.1 Å². The molecule has 0 radical (unpaired) electrons. The van der Waals surface area contributed by atoms with Gasteiger partial charge in [0, 0.05) is 23.6 Å². The van der Waals surface area contributed by atoms with E-state index in [1.807, 2.05) is 24.3 Å². The lowest BCUT2D eigenvalue weighted by molar-refractivity contribution is -0.138. The first kappa shape index (κ1) is 17.8. The minimum atomic E-state index is -0.881. The van der Waals surface area contributed by atoms with E-state index in [1.54, 1.807) is 30.0 Å². The van der Waals surface area contributed by atoms with Crippen LogP contribution < -0.4 is 4.74 Å². The normalized spacial score (nSPS) is 17.3. The fourth-order valence-corrected chi connectivity index (χ4v) is 4.61. The number of benzene rings is 1. The van der Waals surface area contributed by atoms with Gasteiger partial charge >= 0.3 is 5.97 Å². The minimum absolute atomic E-state index is 0.0249. The molecule has 8 heteroatoms. The molecule has 1 aliphatic heterocycles. The second kappa shape index (κ2) is 7.88. The van der Waals surface area contributed by atoms with Gasteiger partial charge in [-0.25, -0.2) is 4.98 Å². The van der Waals surface area contributed by atoms with Gasteiger partial charge in [-0.2, -0.15) is 11.8 Å². The van der Waals surface area contributed by atoms with Gasteiger partial charge in [0.25, 0.3) is 5.91 Å². The van der Waals surface area contributed by atoms with Gasteiger partial charge in [-0.15, -0.1) is 11.3 Å². The molecule has 3 rings (SSSR count). The summed E-state index contributed by atoms with van der Waals surface area (Å²) in [4.78, 5) is 30.4. The molecule has 1 saturated heterocycles. The average molecular weight is 378 g/mol. The first-order chi connectivity index (χ1) is 12.1. The summed E-state index contributed by atoms with van der Waals surface area (Å²) in [7, 11) is 1.61. The van der Waals surface area contributed by atoms with Gasteiger partial charge in [0.1, 0.15) is 15.6 Å². The zero-order chi connectivity index (χ0) is 17.8. The van der Waals surface area contributed by atoms with Crippen LogP contribution in [0.1, 0.15) is 16.1 Å². The van der Waals surface area contributed by atoms with Crippen LogP contribution >= 0.6 is 23.1 Å². The highest BCUT2D eigenvalue weighted by molar-refractivity contribution is 7.99. The van der Waals surface area contributed by atoms with Crippen molar-refractivity contribution in [2.75, 3.05) is 25.2 Å². The van der Waals surface area contributed by atoms with Crippen LogP contribution in [0.15, 0.2) is 30.5 Å². The Morgan fingerprint density at radius 3 is 2.80 bits per heavy atom. The highest BCUT2D eigenvalue weighted by Crippen LogP contribution is 2.29. The molecular formula is C17H18N2O4S2. The molecule has 1 atom stereocenters. The number of hydrogen-bond acceptors (Lipinski definition) is 6. The van der Waals surface area contributed by atoms with Crippen molar-refractivity contribution in [1.29, 1.82) is 0 Å². The van der Waals surface area contributed by atoms with E-state index in [4.69, 9.17) is 9.84 Å². The maximum atomic E-state index is 12.8. The number of carbonyl (C=O) groups excluding carboxylic acids is 1. The molecule has 132 valence electrons. The molecule has 1 unspecified atom stereocenters. The van der Waals surface area contributed by atoms with Gasteiger partial charge in [0.2, 0.25) is 0 Å². The zero-order valence-corrected chi connectivity index (χ0v) is 15.3. The summed E-state index contributed by atoms with van der Waals surface area (Å²) in [6.07, 6.45) is 1.55. The Hall–Kier alpha value is -2.06. The molecule has 1 aliphatic rings. The first-order valence-corrected chi connectivity index (χ1v) is 9.76.